The summed E-state index contributed by atoms with van der Waals surface area (Å²) in [5.41, 5.74) is 32.6. The maximum atomic E-state index is 11.8. The number of anilines is 6. The minimum atomic E-state index is -0.407. The maximum Gasteiger partial charge on any atom is 0.252 e. The summed E-state index contributed by atoms with van der Waals surface area (Å²) in [5.74, 6) is 0. The summed E-state index contributed by atoms with van der Waals surface area (Å²) < 4.78 is 4.82. The molecule has 0 fully saturated rings. The third-order valence-corrected chi connectivity index (χ3v) is 24.6. The molecule has 7 heteroatoms. The van der Waals surface area contributed by atoms with Crippen LogP contribution in [0.3, 0.4) is 0 Å². The molecule has 2 aliphatic rings. The van der Waals surface area contributed by atoms with Crippen molar-refractivity contribution in [1.82, 2.24) is 9.13 Å². The third kappa shape index (κ3) is 12.9. The molecule has 0 bridgehead atoms. The summed E-state index contributed by atoms with van der Waals surface area (Å²) in [7, 11) is 0. The molecule has 0 spiro atoms. The Labute approximate surface area is 682 Å². The van der Waals surface area contributed by atoms with Crippen LogP contribution in [0.25, 0.3) is 104 Å². The van der Waals surface area contributed by atoms with Gasteiger partial charge < -0.3 is 18.9 Å². The Morgan fingerprint density at radius 2 is 0.617 bits per heavy atom. The second-order valence-corrected chi connectivity index (χ2v) is 39.7. The summed E-state index contributed by atoms with van der Waals surface area (Å²) in [6.07, 6.45) is 0. The average molecular weight is 1500 g/mol. The predicted octanol–water partition coefficient (Wildman–Crippen LogP) is 28.1. The van der Waals surface area contributed by atoms with Crippen LogP contribution in [-0.4, -0.2) is 15.8 Å². The number of aromatic nitrogens is 2. The Hall–Kier alpha value is -11.9. The standard InChI is InChI=1S/C108H105BN6/c1-102(2,3)71-43-49-91-84(52-71)86-58-73(104(7,8)9)51-70(65-110)98(86)112(91)78-45-47-88-93(63-78)114(99-80(66-35-27-23-28-36-66)54-74(105(10,11)12)55-81(99)67-37-29-24-30-38-67)95-61-77(108(19,20)21)62-96-97(95)109(88)89-48-46-79(113-92-50-44-72(103(4,5)6)53-85(92)87-59-76(107(16,17)18)60-90(111-22)101(87)113)64-94(89)115(96)100-82(68-39-31-25-32-40-68)56-75(106(13,14)15)57-83(100)69-41-33-26-34-42-69/h23-64H,1-21H3. The number of fused-ring (bicyclic) bond motifs is 10. The van der Waals surface area contributed by atoms with Gasteiger partial charge in [0.25, 0.3) is 6.71 Å². The smallest absolute Gasteiger partial charge is 0.252 e. The summed E-state index contributed by atoms with van der Waals surface area (Å²) >= 11 is 0. The van der Waals surface area contributed by atoms with E-state index in [0.717, 1.165) is 156 Å². The fourth-order valence-corrected chi connectivity index (χ4v) is 17.9. The first-order valence-electron chi connectivity index (χ1n) is 41.1. The number of hydrogen-bond acceptors (Lipinski definition) is 3. The SMILES string of the molecule is [C-]#[N+]c1cc(C(C)(C)C)cc2c3cc(C(C)(C)C)ccc3n(-c3ccc4c(c3)N(c3c(-c5ccccc5)cc(C(C)(C)C)cc3-c3ccccc3)c3cc(C(C)(C)C)cc5c3B4c3ccc(-n4c6ccc(C(C)(C)C)cc6c6cc(C(C)(C)C)cc(C#N)c64)cc3N5c3c(-c4ccccc4)cc(C(C)(C)C)cc3-c3ccccc3)c12. The van der Waals surface area contributed by atoms with Crippen molar-refractivity contribution in [2.45, 2.75) is 183 Å². The first-order chi connectivity index (χ1) is 54.4. The lowest BCUT2D eigenvalue weighted by Crippen LogP contribution is -2.61. The minimum Gasteiger partial charge on any atom is -0.319 e. The highest BCUT2D eigenvalue weighted by Gasteiger charge is 2.47. The lowest BCUT2D eigenvalue weighted by molar-refractivity contribution is 0.590. The molecule has 0 atom stereocenters. The van der Waals surface area contributed by atoms with Crippen LogP contribution < -0.4 is 26.2 Å². The molecule has 2 aliphatic heterocycles. The minimum absolute atomic E-state index is 0.142. The van der Waals surface area contributed by atoms with Crippen molar-refractivity contribution in [3.63, 3.8) is 0 Å². The van der Waals surface area contributed by atoms with Crippen molar-refractivity contribution in [3.05, 3.63) is 311 Å². The van der Waals surface area contributed by atoms with E-state index in [-0.39, 0.29) is 39.2 Å². The van der Waals surface area contributed by atoms with Crippen molar-refractivity contribution in [2.75, 3.05) is 9.80 Å². The summed E-state index contributed by atoms with van der Waals surface area (Å²) in [4.78, 5) is 9.89. The lowest BCUT2D eigenvalue weighted by Gasteiger charge is -2.47. The van der Waals surface area contributed by atoms with Gasteiger partial charge in [0, 0.05) is 72.5 Å². The normalized spacial score (nSPS) is 13.4. The van der Waals surface area contributed by atoms with E-state index in [1.165, 1.54) is 33.3 Å². The Balaban J connectivity index is 1.09. The highest BCUT2D eigenvalue weighted by atomic mass is 15.2. The summed E-state index contributed by atoms with van der Waals surface area (Å²) in [5, 5.41) is 16.1. The number of rotatable bonds is 8. The molecule has 0 radical (unpaired) electrons. The highest BCUT2D eigenvalue weighted by Crippen LogP contribution is 2.57. The van der Waals surface area contributed by atoms with Crippen LogP contribution in [0.1, 0.15) is 190 Å². The molecule has 0 saturated heterocycles. The molecule has 0 saturated carbocycles. The Bertz CT molecular complexity index is 6050. The molecule has 0 amide bonds. The van der Waals surface area contributed by atoms with E-state index in [1.54, 1.807) is 0 Å². The lowest BCUT2D eigenvalue weighted by atomic mass is 9.33. The second kappa shape index (κ2) is 26.9. The summed E-state index contributed by atoms with van der Waals surface area (Å²) in [6, 6.07) is 99.9. The quantitative estimate of drug-likeness (QED) is 0.112. The number of nitriles is 1. The van der Waals surface area contributed by atoms with E-state index < -0.39 is 5.41 Å². The molecule has 570 valence electrons. The molecular weight excluding hydrogens is 1390 g/mol. The van der Waals surface area contributed by atoms with E-state index in [9.17, 15) is 11.8 Å². The fourth-order valence-electron chi connectivity index (χ4n) is 17.9. The zero-order valence-electron chi connectivity index (χ0n) is 71.0. The van der Waals surface area contributed by atoms with Crippen molar-refractivity contribution in [2.24, 2.45) is 0 Å². The van der Waals surface area contributed by atoms with Crippen LogP contribution >= 0.6 is 0 Å². The maximum absolute atomic E-state index is 11.8. The molecular formula is C108H105BN6. The average Bonchev–Trinajstić information content (AvgIpc) is 1.13. The molecule has 2 aromatic heterocycles. The van der Waals surface area contributed by atoms with Gasteiger partial charge in [-0.3, -0.25) is 0 Å². The van der Waals surface area contributed by atoms with E-state index in [4.69, 9.17) is 0 Å². The topological polar surface area (TPSA) is 44.5 Å². The molecule has 0 unspecified atom stereocenters. The van der Waals surface area contributed by atoms with Gasteiger partial charge >= 0.3 is 0 Å². The molecule has 115 heavy (non-hydrogen) atoms. The number of nitrogens with zero attached hydrogens (tertiary/aromatic N) is 6. The molecule has 4 heterocycles. The van der Waals surface area contributed by atoms with Crippen LogP contribution in [0.15, 0.2) is 255 Å². The highest BCUT2D eigenvalue weighted by molar-refractivity contribution is 7.00. The number of benzene rings is 13. The molecule has 13 aromatic carbocycles. The van der Waals surface area contributed by atoms with E-state index in [0.29, 0.717) is 11.3 Å². The molecule has 17 rings (SSSR count). The van der Waals surface area contributed by atoms with Gasteiger partial charge in [-0.25, -0.2) is 4.85 Å². The Morgan fingerprint density at radius 1 is 0.304 bits per heavy atom. The van der Waals surface area contributed by atoms with Gasteiger partial charge in [0.05, 0.1) is 45.6 Å². The van der Waals surface area contributed by atoms with Gasteiger partial charge in [0.2, 0.25) is 5.69 Å². The first-order valence-corrected chi connectivity index (χ1v) is 41.1. The largest absolute Gasteiger partial charge is 0.319 e. The predicted molar refractivity (Wildman–Crippen MR) is 493 cm³/mol. The van der Waals surface area contributed by atoms with Crippen molar-refractivity contribution in [3.8, 4) is 62.0 Å². The second-order valence-electron chi connectivity index (χ2n) is 39.7. The first kappa shape index (κ1) is 75.8. The zero-order valence-corrected chi connectivity index (χ0v) is 71.0. The van der Waals surface area contributed by atoms with E-state index >= 15 is 0 Å². The monoisotopic (exact) mass is 1500 g/mol. The van der Waals surface area contributed by atoms with Crippen LogP contribution in [-0.2, 0) is 37.9 Å². The van der Waals surface area contributed by atoms with Crippen LogP contribution in [0.5, 0.6) is 0 Å². The molecule has 6 nitrogen and oxygen atoms in total. The van der Waals surface area contributed by atoms with Gasteiger partial charge in [-0.05, 0) is 212 Å². The number of hydrogen-bond donors (Lipinski definition) is 0. The Morgan fingerprint density at radius 3 is 0.957 bits per heavy atom. The van der Waals surface area contributed by atoms with Crippen LogP contribution in [0.4, 0.5) is 39.8 Å². The summed E-state index contributed by atoms with van der Waals surface area (Å²) in [6.45, 7) is 57.3. The molecule has 0 aliphatic carbocycles. The molecule has 15 aromatic rings. The van der Waals surface area contributed by atoms with Crippen LogP contribution in [0.2, 0.25) is 0 Å². The van der Waals surface area contributed by atoms with Crippen LogP contribution in [0, 0.1) is 17.9 Å². The fraction of sp³-hybridized carbons (Fsp3) is 0.259. The molecule has 0 N–H and O–H groups in total. The van der Waals surface area contributed by atoms with Crippen molar-refractivity contribution in [1.29, 1.82) is 5.26 Å². The van der Waals surface area contributed by atoms with Gasteiger partial charge in [-0.1, -0.05) is 309 Å². The van der Waals surface area contributed by atoms with Gasteiger partial charge in [-0.15, -0.1) is 0 Å². The Kier molecular flexibility index (Phi) is 17.7. The van der Waals surface area contributed by atoms with E-state index in [1.807, 2.05) is 0 Å². The van der Waals surface area contributed by atoms with E-state index in [2.05, 4.69) is 430 Å². The third-order valence-electron chi connectivity index (χ3n) is 24.6. The van der Waals surface area contributed by atoms with Crippen molar-refractivity contribution >= 4 is 107 Å². The van der Waals surface area contributed by atoms with Gasteiger partial charge in [0.15, 0.2) is 0 Å². The van der Waals surface area contributed by atoms with Gasteiger partial charge in [-0.2, -0.15) is 5.26 Å². The zero-order chi connectivity index (χ0) is 81.3. The van der Waals surface area contributed by atoms with Crippen molar-refractivity contribution < 1.29 is 0 Å². The van der Waals surface area contributed by atoms with Gasteiger partial charge in [0.1, 0.15) is 6.07 Å².